The van der Waals surface area contributed by atoms with E-state index in [-0.39, 0.29) is 11.9 Å². The third-order valence-corrected chi connectivity index (χ3v) is 3.01. The summed E-state index contributed by atoms with van der Waals surface area (Å²) in [6.07, 6.45) is 0.501. The Kier molecular flexibility index (Phi) is 2.92. The number of nitrogens with two attached hydrogens (primary N) is 1. The van der Waals surface area contributed by atoms with Crippen molar-refractivity contribution in [2.75, 3.05) is 17.6 Å². The predicted molar refractivity (Wildman–Crippen MR) is 65.6 cm³/mol. The van der Waals surface area contributed by atoms with Gasteiger partial charge in [-0.3, -0.25) is 4.79 Å². The van der Waals surface area contributed by atoms with E-state index >= 15 is 0 Å². The molecule has 4 N–H and O–H groups in total. The van der Waals surface area contributed by atoms with Crippen LogP contribution >= 0.6 is 11.6 Å². The van der Waals surface area contributed by atoms with Crippen LogP contribution in [-0.2, 0) is 4.79 Å². The summed E-state index contributed by atoms with van der Waals surface area (Å²) in [7, 11) is 0. The molecule has 0 spiro atoms. The van der Waals surface area contributed by atoms with Crippen LogP contribution in [0.2, 0.25) is 5.02 Å². The van der Waals surface area contributed by atoms with E-state index in [1.54, 1.807) is 6.07 Å². The van der Waals surface area contributed by atoms with Gasteiger partial charge < -0.3 is 16.4 Å². The topological polar surface area (TPSA) is 67.2 Å². The number of nitrogens with one attached hydrogen (secondary N) is 2. The molecule has 86 valence electrons. The number of rotatable bonds is 2. The fraction of sp³-hybridized carbons (Fsp3) is 0.364. The van der Waals surface area contributed by atoms with Crippen LogP contribution in [0, 0.1) is 6.92 Å². The molecule has 1 atom stereocenters. The average Bonchev–Trinajstić information content (AvgIpc) is 2.60. The lowest BCUT2D eigenvalue weighted by atomic mass is 10.1. The van der Waals surface area contributed by atoms with E-state index in [0.29, 0.717) is 23.7 Å². The van der Waals surface area contributed by atoms with Crippen molar-refractivity contribution in [2.45, 2.75) is 19.4 Å². The summed E-state index contributed by atoms with van der Waals surface area (Å²) in [6.45, 7) is 2.61. The summed E-state index contributed by atoms with van der Waals surface area (Å²) < 4.78 is 0. The second-order valence-corrected chi connectivity index (χ2v) is 4.45. The predicted octanol–water partition coefficient (Wildman–Crippen LogP) is 1.53. The van der Waals surface area contributed by atoms with Crippen molar-refractivity contribution in [3.63, 3.8) is 0 Å². The van der Waals surface area contributed by atoms with E-state index in [1.807, 2.05) is 13.0 Å². The first-order chi connectivity index (χ1) is 7.56. The van der Waals surface area contributed by atoms with Crippen molar-refractivity contribution >= 4 is 28.9 Å². The molecule has 0 saturated carbocycles. The van der Waals surface area contributed by atoms with Gasteiger partial charge in [-0.1, -0.05) is 11.6 Å². The number of benzene rings is 1. The maximum atomic E-state index is 11.1. The lowest BCUT2D eigenvalue weighted by Gasteiger charge is -2.15. The van der Waals surface area contributed by atoms with Gasteiger partial charge in [0.05, 0.1) is 16.8 Å². The molecule has 1 fully saturated rings. The second-order valence-electron chi connectivity index (χ2n) is 4.04. The fourth-order valence-electron chi connectivity index (χ4n) is 1.79. The highest BCUT2D eigenvalue weighted by atomic mass is 35.5. The molecule has 1 saturated heterocycles. The van der Waals surface area contributed by atoms with Crippen molar-refractivity contribution in [3.8, 4) is 0 Å². The molecule has 0 radical (unpaired) electrons. The molecule has 4 nitrogen and oxygen atoms in total. The number of carbonyl (C=O) groups excluding carboxylic acids is 1. The molecule has 1 aliphatic heterocycles. The zero-order valence-corrected chi connectivity index (χ0v) is 9.77. The van der Waals surface area contributed by atoms with E-state index in [2.05, 4.69) is 10.6 Å². The molecule has 1 amide bonds. The molecule has 5 heteroatoms. The van der Waals surface area contributed by atoms with Crippen LogP contribution in [0.5, 0.6) is 0 Å². The van der Waals surface area contributed by atoms with Crippen LogP contribution in [0.3, 0.4) is 0 Å². The van der Waals surface area contributed by atoms with Crippen LogP contribution < -0.4 is 16.4 Å². The number of hydrogen-bond acceptors (Lipinski definition) is 3. The minimum Gasteiger partial charge on any atom is -0.398 e. The van der Waals surface area contributed by atoms with Gasteiger partial charge in [-0.25, -0.2) is 0 Å². The quantitative estimate of drug-likeness (QED) is 0.686. The molecular weight excluding hydrogens is 226 g/mol. The summed E-state index contributed by atoms with van der Waals surface area (Å²) in [4.78, 5) is 11.1. The van der Waals surface area contributed by atoms with E-state index in [4.69, 9.17) is 17.3 Å². The highest BCUT2D eigenvalue weighted by molar-refractivity contribution is 6.33. The third kappa shape index (κ3) is 2.22. The highest BCUT2D eigenvalue weighted by Gasteiger charge is 2.21. The zero-order valence-electron chi connectivity index (χ0n) is 9.01. The Bertz CT molecular complexity index is 433. The summed E-state index contributed by atoms with van der Waals surface area (Å²) in [5.74, 6) is 0.0803. The molecule has 1 heterocycles. The third-order valence-electron chi connectivity index (χ3n) is 2.68. The van der Waals surface area contributed by atoms with Gasteiger partial charge in [0.25, 0.3) is 0 Å². The Morgan fingerprint density at radius 1 is 1.56 bits per heavy atom. The van der Waals surface area contributed by atoms with Gasteiger partial charge >= 0.3 is 0 Å². The first-order valence-corrected chi connectivity index (χ1v) is 5.53. The van der Waals surface area contributed by atoms with E-state index in [9.17, 15) is 4.79 Å². The van der Waals surface area contributed by atoms with Crippen molar-refractivity contribution in [2.24, 2.45) is 0 Å². The molecule has 16 heavy (non-hydrogen) atoms. The molecule has 1 aromatic rings. The van der Waals surface area contributed by atoms with Gasteiger partial charge in [-0.2, -0.15) is 0 Å². The smallest absolute Gasteiger partial charge is 0.222 e. The molecule has 2 rings (SSSR count). The average molecular weight is 240 g/mol. The van der Waals surface area contributed by atoms with E-state index < -0.39 is 0 Å². The number of halogens is 1. The molecule has 1 aromatic carbocycles. The Hall–Kier alpha value is -1.42. The van der Waals surface area contributed by atoms with Gasteiger partial charge in [0.15, 0.2) is 0 Å². The Morgan fingerprint density at radius 3 is 2.94 bits per heavy atom. The summed E-state index contributed by atoms with van der Waals surface area (Å²) in [5, 5.41) is 6.59. The minimum absolute atomic E-state index is 0.0803. The summed E-state index contributed by atoms with van der Waals surface area (Å²) >= 11 is 5.95. The number of hydrogen-bond donors (Lipinski definition) is 3. The summed E-state index contributed by atoms with van der Waals surface area (Å²) in [5.41, 5.74) is 8.23. The lowest BCUT2D eigenvalue weighted by molar-refractivity contribution is -0.119. The highest BCUT2D eigenvalue weighted by Crippen LogP contribution is 2.27. The standard InChI is InChI=1S/C11H14ClN3O/c1-6-2-9(13)8(12)4-10(6)15-7-3-11(16)14-5-7/h2,4,7,15H,3,5,13H2,1H3,(H,14,16). The lowest BCUT2D eigenvalue weighted by Crippen LogP contribution is -2.22. The minimum atomic E-state index is 0.0803. The molecule has 0 bridgehead atoms. The maximum absolute atomic E-state index is 11.1. The Balaban J connectivity index is 2.15. The van der Waals surface area contributed by atoms with Crippen LogP contribution in [-0.4, -0.2) is 18.5 Å². The van der Waals surface area contributed by atoms with Gasteiger partial charge in [0, 0.05) is 18.7 Å². The molecule has 1 aliphatic rings. The van der Waals surface area contributed by atoms with Gasteiger partial charge in [0.2, 0.25) is 5.91 Å². The number of anilines is 2. The van der Waals surface area contributed by atoms with Gasteiger partial charge in [-0.05, 0) is 24.6 Å². The van der Waals surface area contributed by atoms with Gasteiger partial charge in [-0.15, -0.1) is 0 Å². The van der Waals surface area contributed by atoms with E-state index in [1.165, 1.54) is 0 Å². The van der Waals surface area contributed by atoms with Crippen molar-refractivity contribution in [1.82, 2.24) is 5.32 Å². The normalized spacial score (nSPS) is 19.6. The van der Waals surface area contributed by atoms with Crippen LogP contribution in [0.15, 0.2) is 12.1 Å². The molecule has 0 aliphatic carbocycles. The first kappa shape index (κ1) is 11.1. The van der Waals surface area contributed by atoms with Crippen LogP contribution in [0.25, 0.3) is 0 Å². The monoisotopic (exact) mass is 239 g/mol. The van der Waals surface area contributed by atoms with Crippen molar-refractivity contribution < 1.29 is 4.79 Å². The van der Waals surface area contributed by atoms with Crippen molar-refractivity contribution in [1.29, 1.82) is 0 Å². The Morgan fingerprint density at radius 2 is 2.31 bits per heavy atom. The SMILES string of the molecule is Cc1cc(N)c(Cl)cc1NC1CNC(=O)C1. The number of amides is 1. The molecule has 0 aromatic heterocycles. The number of carbonyl (C=O) groups is 1. The number of nitrogen functional groups attached to an aromatic ring is 1. The van der Waals surface area contributed by atoms with Crippen LogP contribution in [0.1, 0.15) is 12.0 Å². The van der Waals surface area contributed by atoms with E-state index in [0.717, 1.165) is 11.3 Å². The summed E-state index contributed by atoms with van der Waals surface area (Å²) in [6, 6.07) is 3.76. The van der Waals surface area contributed by atoms with Crippen LogP contribution in [0.4, 0.5) is 11.4 Å². The largest absolute Gasteiger partial charge is 0.398 e. The zero-order chi connectivity index (χ0) is 11.7. The molecule has 1 unspecified atom stereocenters. The fourth-order valence-corrected chi connectivity index (χ4v) is 1.95. The number of aryl methyl sites for hydroxylation is 1. The van der Waals surface area contributed by atoms with Crippen molar-refractivity contribution in [3.05, 3.63) is 22.7 Å². The van der Waals surface area contributed by atoms with Gasteiger partial charge in [0.1, 0.15) is 0 Å². The first-order valence-electron chi connectivity index (χ1n) is 5.15. The Labute approximate surface area is 99.2 Å². The molecular formula is C11H14ClN3O. The maximum Gasteiger partial charge on any atom is 0.222 e. The second kappa shape index (κ2) is 4.22.